The zero-order chi connectivity index (χ0) is 14.8. The molecule has 9 nitrogen and oxygen atoms in total. The summed E-state index contributed by atoms with van der Waals surface area (Å²) in [7, 11) is -4.67. The van der Waals surface area contributed by atoms with Crippen LogP contribution >= 0.6 is 7.60 Å². The Morgan fingerprint density at radius 1 is 1.55 bits per heavy atom. The highest BCUT2D eigenvalue weighted by molar-refractivity contribution is 7.48. The quantitative estimate of drug-likeness (QED) is 0.640. The van der Waals surface area contributed by atoms with E-state index in [0.717, 1.165) is 0 Å². The van der Waals surface area contributed by atoms with Crippen molar-refractivity contribution in [2.45, 2.75) is 25.2 Å². The van der Waals surface area contributed by atoms with Gasteiger partial charge in [-0.3, -0.25) is 4.57 Å². The fourth-order valence-corrected chi connectivity index (χ4v) is 2.28. The van der Waals surface area contributed by atoms with E-state index in [1.165, 1.54) is 16.8 Å². The second-order valence-corrected chi connectivity index (χ2v) is 5.92. The van der Waals surface area contributed by atoms with E-state index in [2.05, 4.69) is 4.98 Å². The minimum atomic E-state index is -4.67. The van der Waals surface area contributed by atoms with E-state index in [4.69, 9.17) is 15.2 Å². The van der Waals surface area contributed by atoms with Crippen molar-refractivity contribution < 1.29 is 23.8 Å². The highest BCUT2D eigenvalue weighted by Gasteiger charge is 2.27. The van der Waals surface area contributed by atoms with Gasteiger partial charge in [0, 0.05) is 6.20 Å². The first-order valence-electron chi connectivity index (χ1n) is 5.94. The number of nitrogens with zero attached hydrogens (tertiary/aromatic N) is 2. The van der Waals surface area contributed by atoms with E-state index < -0.39 is 25.9 Å². The summed E-state index contributed by atoms with van der Waals surface area (Å²) < 4.78 is 22.0. The number of nitrogens with two attached hydrogens (primary N) is 1. The lowest BCUT2D eigenvalue weighted by Gasteiger charge is -2.29. The van der Waals surface area contributed by atoms with E-state index in [0.29, 0.717) is 12.8 Å². The van der Waals surface area contributed by atoms with Crippen molar-refractivity contribution in [1.29, 1.82) is 0 Å². The third kappa shape index (κ3) is 4.12. The average molecular weight is 303 g/mol. The number of hydrogen-bond donors (Lipinski definition) is 1. The third-order valence-corrected chi connectivity index (χ3v) is 3.30. The number of hydrogen-bond acceptors (Lipinski definition) is 8. The van der Waals surface area contributed by atoms with Crippen LogP contribution in [0.15, 0.2) is 17.1 Å². The smallest absolute Gasteiger partial charge is 0.351 e. The summed E-state index contributed by atoms with van der Waals surface area (Å²) in [5, 5.41) is 0. The summed E-state index contributed by atoms with van der Waals surface area (Å²) in [6.07, 6.45) is 0.921. The Balaban J connectivity index is 1.89. The van der Waals surface area contributed by atoms with Crippen LogP contribution < -0.4 is 21.2 Å². The van der Waals surface area contributed by atoms with Crippen molar-refractivity contribution in [1.82, 2.24) is 9.55 Å². The lowest BCUT2D eigenvalue weighted by Crippen LogP contribution is -2.28. The van der Waals surface area contributed by atoms with Gasteiger partial charge in [-0.2, -0.15) is 4.98 Å². The maximum Gasteiger partial charge on any atom is 0.351 e. The molecule has 1 saturated heterocycles. The largest absolute Gasteiger partial charge is 0.809 e. The van der Waals surface area contributed by atoms with Gasteiger partial charge in [-0.1, -0.05) is 0 Å². The molecule has 0 amide bonds. The van der Waals surface area contributed by atoms with Gasteiger partial charge in [-0.15, -0.1) is 0 Å². The fraction of sp³-hybridized carbons (Fsp3) is 0.600. The van der Waals surface area contributed by atoms with Gasteiger partial charge in [-0.25, -0.2) is 4.79 Å². The maximum atomic E-state index is 11.6. The Kier molecular flexibility index (Phi) is 4.56. The van der Waals surface area contributed by atoms with Crippen molar-refractivity contribution >= 4 is 13.4 Å². The Labute approximate surface area is 114 Å². The number of rotatable bonds is 5. The molecule has 0 aromatic carbocycles. The SMILES string of the molecule is Nc1ccn([C@H]2CC[C@@H](COCP(=O)([O-])[O-])O2)c(=O)n1. The molecule has 1 fully saturated rings. The fourth-order valence-electron chi connectivity index (χ4n) is 1.95. The van der Waals surface area contributed by atoms with E-state index in [1.54, 1.807) is 0 Å². The summed E-state index contributed by atoms with van der Waals surface area (Å²) in [6.45, 7) is -0.0118. The average Bonchev–Trinajstić information content (AvgIpc) is 2.75. The van der Waals surface area contributed by atoms with Gasteiger partial charge in [-0.05, 0) is 26.5 Å². The highest BCUT2D eigenvalue weighted by Crippen LogP contribution is 2.28. The van der Waals surface area contributed by atoms with Gasteiger partial charge in [0.25, 0.3) is 0 Å². The normalized spacial score (nSPS) is 23.1. The van der Waals surface area contributed by atoms with Gasteiger partial charge >= 0.3 is 5.69 Å². The molecule has 1 aliphatic heterocycles. The predicted octanol–water partition coefficient (Wildman–Crippen LogP) is -1.61. The van der Waals surface area contributed by atoms with Crippen molar-refractivity contribution in [2.75, 3.05) is 18.7 Å². The van der Waals surface area contributed by atoms with Crippen molar-refractivity contribution in [3.05, 3.63) is 22.7 Å². The molecular weight excluding hydrogens is 289 g/mol. The molecule has 0 saturated carbocycles. The lowest BCUT2D eigenvalue weighted by molar-refractivity contribution is -0.318. The van der Waals surface area contributed by atoms with Crippen LogP contribution in [0.5, 0.6) is 0 Å². The minimum absolute atomic E-state index is 0.0118. The number of nitrogen functional groups attached to an aromatic ring is 1. The molecule has 2 heterocycles. The molecule has 1 aromatic rings. The second kappa shape index (κ2) is 6.02. The van der Waals surface area contributed by atoms with Crippen molar-refractivity contribution in [2.24, 2.45) is 0 Å². The van der Waals surface area contributed by atoms with E-state index >= 15 is 0 Å². The van der Waals surface area contributed by atoms with Crippen molar-refractivity contribution in [3.63, 3.8) is 0 Å². The van der Waals surface area contributed by atoms with Crippen LogP contribution in [0, 0.1) is 0 Å². The van der Waals surface area contributed by atoms with Crippen LogP contribution in [-0.4, -0.2) is 28.6 Å². The monoisotopic (exact) mass is 303 g/mol. The lowest BCUT2D eigenvalue weighted by atomic mass is 10.2. The molecule has 2 N–H and O–H groups in total. The first kappa shape index (κ1) is 15.1. The first-order valence-corrected chi connectivity index (χ1v) is 7.67. The van der Waals surface area contributed by atoms with Crippen molar-refractivity contribution in [3.8, 4) is 0 Å². The van der Waals surface area contributed by atoms with E-state index in [9.17, 15) is 19.1 Å². The highest BCUT2D eigenvalue weighted by atomic mass is 31.2. The Morgan fingerprint density at radius 2 is 2.30 bits per heavy atom. The molecule has 2 atom stereocenters. The number of ether oxygens (including phenoxy) is 2. The second-order valence-electron chi connectivity index (χ2n) is 4.44. The van der Waals surface area contributed by atoms with Gasteiger partial charge in [0.1, 0.15) is 12.0 Å². The summed E-state index contributed by atoms with van der Waals surface area (Å²) in [5.41, 5.74) is 4.88. The third-order valence-electron chi connectivity index (χ3n) is 2.80. The zero-order valence-corrected chi connectivity index (χ0v) is 11.4. The summed E-state index contributed by atoms with van der Waals surface area (Å²) in [5.74, 6) is 0.130. The van der Waals surface area contributed by atoms with Crippen LogP contribution in [-0.2, 0) is 14.0 Å². The van der Waals surface area contributed by atoms with Crippen LogP contribution in [0.2, 0.25) is 0 Å². The molecule has 0 radical (unpaired) electrons. The summed E-state index contributed by atoms with van der Waals surface area (Å²) in [6, 6.07) is 1.49. The molecule has 112 valence electrons. The number of aromatic nitrogens is 2. The number of anilines is 1. The molecular formula is C10H14N3O6P-2. The van der Waals surface area contributed by atoms with Crippen LogP contribution in [0.25, 0.3) is 0 Å². The molecule has 10 heteroatoms. The standard InChI is InChI=1S/C10H16N3O6P/c11-8-3-4-13(10(14)12-8)9-2-1-7(19-9)5-18-6-20(15,16)17/h3-4,7,9H,1-2,5-6H2,(H2,11,12,14)(H2,15,16,17)/p-2/t7-,9+/m0/s1. The molecule has 20 heavy (non-hydrogen) atoms. The predicted molar refractivity (Wildman–Crippen MR) is 64.5 cm³/mol. The van der Waals surface area contributed by atoms with Crippen LogP contribution in [0.3, 0.4) is 0 Å². The summed E-state index contributed by atoms with van der Waals surface area (Å²) >= 11 is 0. The molecule has 0 bridgehead atoms. The van der Waals surface area contributed by atoms with Gasteiger partial charge < -0.3 is 29.6 Å². The molecule has 2 rings (SSSR count). The Morgan fingerprint density at radius 3 is 2.95 bits per heavy atom. The topological polar surface area (TPSA) is 143 Å². The molecule has 0 unspecified atom stereocenters. The summed E-state index contributed by atoms with van der Waals surface area (Å²) in [4.78, 5) is 36.0. The molecule has 1 aliphatic rings. The zero-order valence-electron chi connectivity index (χ0n) is 10.5. The first-order chi connectivity index (χ1) is 9.35. The maximum absolute atomic E-state index is 11.6. The molecule has 0 aliphatic carbocycles. The van der Waals surface area contributed by atoms with E-state index in [1.807, 2.05) is 0 Å². The Hall–Kier alpha value is -1.25. The van der Waals surface area contributed by atoms with E-state index in [-0.39, 0.29) is 18.5 Å². The molecule has 1 aromatic heterocycles. The van der Waals surface area contributed by atoms with Gasteiger partial charge in [0.15, 0.2) is 0 Å². The Bertz CT molecular complexity index is 570. The van der Waals surface area contributed by atoms with Gasteiger partial charge in [0.2, 0.25) is 0 Å². The minimum Gasteiger partial charge on any atom is -0.809 e. The van der Waals surface area contributed by atoms with Gasteiger partial charge in [0.05, 0.1) is 19.1 Å². The van der Waals surface area contributed by atoms with Crippen LogP contribution in [0.4, 0.5) is 5.82 Å². The van der Waals surface area contributed by atoms with Crippen LogP contribution in [0.1, 0.15) is 19.1 Å². The molecule has 0 spiro atoms.